The number of nitrogens with one attached hydrogen (secondary N) is 2. The van der Waals surface area contributed by atoms with Crippen LogP contribution in [0.4, 0.5) is 0 Å². The van der Waals surface area contributed by atoms with Crippen LogP contribution in [-0.4, -0.2) is 43.6 Å². The molecule has 0 heterocycles. The van der Waals surface area contributed by atoms with E-state index >= 15 is 0 Å². The second-order valence-corrected chi connectivity index (χ2v) is 5.96. The fourth-order valence-corrected chi connectivity index (χ4v) is 2.26. The van der Waals surface area contributed by atoms with Crippen LogP contribution in [0.1, 0.15) is 31.7 Å². The van der Waals surface area contributed by atoms with E-state index in [-0.39, 0.29) is 0 Å². The van der Waals surface area contributed by atoms with Crippen LogP contribution >= 0.6 is 0 Å². The zero-order valence-corrected chi connectivity index (χ0v) is 13.5. The van der Waals surface area contributed by atoms with Gasteiger partial charge in [-0.05, 0) is 38.8 Å². The minimum absolute atomic E-state index is 0.539. The number of benzene rings is 1. The summed E-state index contributed by atoms with van der Waals surface area (Å²) in [5.74, 6) is 0.940. The topological polar surface area (TPSA) is 39.7 Å². The van der Waals surface area contributed by atoms with Crippen molar-refractivity contribution in [3.63, 3.8) is 0 Å². The molecule has 4 heteroatoms. The molecule has 0 aromatic heterocycles. The Balaban J connectivity index is 1.67. The van der Waals surface area contributed by atoms with Gasteiger partial charge in [-0.3, -0.25) is 9.89 Å². The van der Waals surface area contributed by atoms with Crippen molar-refractivity contribution in [2.24, 2.45) is 4.99 Å². The highest BCUT2D eigenvalue weighted by Crippen LogP contribution is 2.18. The molecule has 0 amide bonds. The Morgan fingerprint density at radius 1 is 1.33 bits per heavy atom. The largest absolute Gasteiger partial charge is 0.356 e. The molecule has 0 aliphatic heterocycles. The summed E-state index contributed by atoms with van der Waals surface area (Å²) in [4.78, 5) is 6.66. The summed E-state index contributed by atoms with van der Waals surface area (Å²) in [6, 6.07) is 11.8. The number of nitrogens with zero attached hydrogens (tertiary/aromatic N) is 2. The van der Waals surface area contributed by atoms with Crippen LogP contribution in [0.15, 0.2) is 35.3 Å². The first-order chi connectivity index (χ1) is 10.2. The highest BCUT2D eigenvalue weighted by atomic mass is 15.2. The third-order valence-electron chi connectivity index (χ3n) is 4.02. The van der Waals surface area contributed by atoms with Gasteiger partial charge in [0.05, 0.1) is 0 Å². The molecule has 0 radical (unpaired) electrons. The molecule has 2 rings (SSSR count). The van der Waals surface area contributed by atoms with E-state index in [2.05, 4.69) is 64.8 Å². The second-order valence-electron chi connectivity index (χ2n) is 5.96. The van der Waals surface area contributed by atoms with E-state index in [0.717, 1.165) is 25.5 Å². The van der Waals surface area contributed by atoms with Crippen molar-refractivity contribution in [2.75, 3.05) is 20.6 Å². The summed E-state index contributed by atoms with van der Waals surface area (Å²) in [7, 11) is 4.03. The Morgan fingerprint density at radius 3 is 2.67 bits per heavy atom. The Hall–Kier alpha value is -1.55. The summed E-state index contributed by atoms with van der Waals surface area (Å²) >= 11 is 0. The van der Waals surface area contributed by atoms with Crippen molar-refractivity contribution in [3.05, 3.63) is 35.9 Å². The predicted octanol–water partition coefficient (Wildman–Crippen LogP) is 2.22. The molecule has 1 aliphatic rings. The summed E-state index contributed by atoms with van der Waals surface area (Å²) in [5.41, 5.74) is 1.37. The predicted molar refractivity (Wildman–Crippen MR) is 89.5 cm³/mol. The molecule has 1 aromatic rings. The van der Waals surface area contributed by atoms with Crippen LogP contribution in [-0.2, 0) is 6.54 Å². The van der Waals surface area contributed by atoms with Crippen LogP contribution in [0.2, 0.25) is 0 Å². The first-order valence-corrected chi connectivity index (χ1v) is 7.90. The lowest BCUT2D eigenvalue weighted by atomic mass is 10.1. The normalized spacial score (nSPS) is 16.9. The van der Waals surface area contributed by atoms with Crippen molar-refractivity contribution in [1.29, 1.82) is 0 Å². The zero-order valence-electron chi connectivity index (χ0n) is 13.5. The Kier molecular flexibility index (Phi) is 6.05. The van der Waals surface area contributed by atoms with E-state index in [1.165, 1.54) is 18.4 Å². The molecule has 1 saturated carbocycles. The maximum absolute atomic E-state index is 4.26. The van der Waals surface area contributed by atoms with Crippen molar-refractivity contribution >= 4 is 5.96 Å². The van der Waals surface area contributed by atoms with Gasteiger partial charge in [0.15, 0.2) is 5.96 Å². The van der Waals surface area contributed by atoms with Crippen LogP contribution in [0.25, 0.3) is 0 Å². The molecule has 2 N–H and O–H groups in total. The number of hydrogen-bond donors (Lipinski definition) is 2. The Morgan fingerprint density at radius 2 is 2.05 bits per heavy atom. The smallest absolute Gasteiger partial charge is 0.191 e. The molecule has 0 bridgehead atoms. The zero-order chi connectivity index (χ0) is 15.1. The van der Waals surface area contributed by atoms with Gasteiger partial charge in [-0.15, -0.1) is 0 Å². The minimum atomic E-state index is 0.539. The molecular formula is C17H28N4. The van der Waals surface area contributed by atoms with E-state index in [1.807, 2.05) is 7.05 Å². The fraction of sp³-hybridized carbons (Fsp3) is 0.588. The second kappa shape index (κ2) is 8.03. The van der Waals surface area contributed by atoms with E-state index in [9.17, 15) is 0 Å². The highest BCUT2D eigenvalue weighted by Gasteiger charge is 2.22. The summed E-state index contributed by atoms with van der Waals surface area (Å²) < 4.78 is 0. The molecule has 21 heavy (non-hydrogen) atoms. The molecule has 116 valence electrons. The maximum Gasteiger partial charge on any atom is 0.191 e. The molecular weight excluding hydrogens is 260 g/mol. The van der Waals surface area contributed by atoms with Crippen LogP contribution < -0.4 is 10.6 Å². The summed E-state index contributed by atoms with van der Waals surface area (Å²) in [6.45, 7) is 4.23. The first kappa shape index (κ1) is 15.8. The monoisotopic (exact) mass is 288 g/mol. The van der Waals surface area contributed by atoms with Crippen molar-refractivity contribution in [1.82, 2.24) is 15.5 Å². The highest BCUT2D eigenvalue weighted by molar-refractivity contribution is 5.80. The minimum Gasteiger partial charge on any atom is -0.356 e. The van der Waals surface area contributed by atoms with Crippen LogP contribution in [0, 0.1) is 0 Å². The van der Waals surface area contributed by atoms with Gasteiger partial charge in [-0.25, -0.2) is 0 Å². The average Bonchev–Trinajstić information content (AvgIpc) is 3.31. The average molecular weight is 288 g/mol. The lowest BCUT2D eigenvalue weighted by Gasteiger charge is -2.25. The van der Waals surface area contributed by atoms with Crippen molar-refractivity contribution < 1.29 is 0 Å². The van der Waals surface area contributed by atoms with Gasteiger partial charge in [0.1, 0.15) is 0 Å². The van der Waals surface area contributed by atoms with E-state index < -0.39 is 0 Å². The van der Waals surface area contributed by atoms with Gasteiger partial charge in [0.25, 0.3) is 0 Å². The van der Waals surface area contributed by atoms with E-state index in [4.69, 9.17) is 0 Å². The quantitative estimate of drug-likeness (QED) is 0.597. The Bertz CT molecular complexity index is 439. The third-order valence-corrected chi connectivity index (χ3v) is 4.02. The van der Waals surface area contributed by atoms with Gasteiger partial charge < -0.3 is 10.6 Å². The summed E-state index contributed by atoms with van der Waals surface area (Å²) in [5, 5.41) is 6.81. The lowest BCUT2D eigenvalue weighted by molar-refractivity contribution is 0.238. The van der Waals surface area contributed by atoms with Crippen molar-refractivity contribution in [3.8, 4) is 0 Å². The van der Waals surface area contributed by atoms with Gasteiger partial charge in [0.2, 0.25) is 0 Å². The fourth-order valence-electron chi connectivity index (χ4n) is 2.26. The first-order valence-electron chi connectivity index (χ1n) is 7.90. The maximum atomic E-state index is 4.26. The van der Waals surface area contributed by atoms with Crippen LogP contribution in [0.5, 0.6) is 0 Å². The molecule has 0 saturated heterocycles. The standard InChI is InChI=1S/C17H28N4/c1-14(21(3)13-15-7-5-4-6-8-15)11-12-19-17(18-2)20-16-9-10-16/h4-8,14,16H,9-13H2,1-3H3,(H2,18,19,20). The number of aliphatic imine (C=N–C) groups is 1. The SMILES string of the molecule is CN=C(NCCC(C)N(C)Cc1ccccc1)NC1CC1. The van der Waals surface area contributed by atoms with E-state index in [1.54, 1.807) is 0 Å². The number of guanidine groups is 1. The van der Waals surface area contributed by atoms with Gasteiger partial charge >= 0.3 is 0 Å². The van der Waals surface area contributed by atoms with E-state index in [0.29, 0.717) is 12.1 Å². The summed E-state index contributed by atoms with van der Waals surface area (Å²) in [6.07, 6.45) is 3.66. The number of hydrogen-bond acceptors (Lipinski definition) is 2. The van der Waals surface area contributed by atoms with Crippen molar-refractivity contribution in [2.45, 2.75) is 44.8 Å². The molecule has 1 atom stereocenters. The third kappa shape index (κ3) is 5.76. The van der Waals surface area contributed by atoms with Gasteiger partial charge in [0, 0.05) is 32.2 Å². The molecule has 0 spiro atoms. The molecule has 1 fully saturated rings. The molecule has 1 aliphatic carbocycles. The lowest BCUT2D eigenvalue weighted by Crippen LogP contribution is -2.40. The van der Waals surface area contributed by atoms with Crippen LogP contribution in [0.3, 0.4) is 0 Å². The van der Waals surface area contributed by atoms with Gasteiger partial charge in [-0.1, -0.05) is 30.3 Å². The van der Waals surface area contributed by atoms with Gasteiger partial charge in [-0.2, -0.15) is 0 Å². The molecule has 4 nitrogen and oxygen atoms in total. The molecule has 1 unspecified atom stereocenters. The molecule has 1 aromatic carbocycles. The number of rotatable bonds is 7. The Labute approximate surface area is 128 Å².